The summed E-state index contributed by atoms with van der Waals surface area (Å²) in [4.78, 5) is 16.8. The predicted molar refractivity (Wildman–Crippen MR) is 97.2 cm³/mol. The lowest BCUT2D eigenvalue weighted by Gasteiger charge is -2.13. The third kappa shape index (κ3) is 3.61. The molecule has 0 fully saturated rings. The van der Waals surface area contributed by atoms with Gasteiger partial charge in [0.15, 0.2) is 0 Å². The first kappa shape index (κ1) is 16.5. The molecule has 0 aliphatic carbocycles. The number of carbonyl (C=O) groups is 1. The van der Waals surface area contributed by atoms with Crippen molar-refractivity contribution in [2.45, 2.75) is 0 Å². The summed E-state index contributed by atoms with van der Waals surface area (Å²) in [7, 11) is 3.15. The van der Waals surface area contributed by atoms with Gasteiger partial charge in [0.1, 0.15) is 17.2 Å². The molecule has 0 saturated carbocycles. The number of carbonyl (C=O) groups excluding carboxylic acids is 1. The van der Waals surface area contributed by atoms with Crippen LogP contribution in [-0.4, -0.2) is 25.1 Å². The van der Waals surface area contributed by atoms with Crippen molar-refractivity contribution in [1.29, 1.82) is 0 Å². The number of amides is 1. The van der Waals surface area contributed by atoms with Crippen LogP contribution in [0, 0.1) is 0 Å². The third-order valence-electron chi connectivity index (χ3n) is 3.74. The van der Waals surface area contributed by atoms with Crippen LogP contribution in [0.2, 0.25) is 0 Å². The molecule has 25 heavy (non-hydrogen) atoms. The highest BCUT2D eigenvalue weighted by Crippen LogP contribution is 2.35. The minimum Gasteiger partial charge on any atom is -0.496 e. The van der Waals surface area contributed by atoms with E-state index in [1.54, 1.807) is 38.6 Å². The molecule has 0 unspecified atom stereocenters. The second-order valence-electron chi connectivity index (χ2n) is 5.29. The van der Waals surface area contributed by atoms with Crippen LogP contribution in [0.15, 0.2) is 66.9 Å². The van der Waals surface area contributed by atoms with E-state index < -0.39 is 0 Å². The summed E-state index contributed by atoms with van der Waals surface area (Å²) in [6.07, 6.45) is 1.69. The third-order valence-corrected chi connectivity index (χ3v) is 3.74. The molecule has 5 nitrogen and oxygen atoms in total. The predicted octanol–water partition coefficient (Wildman–Crippen LogP) is 4.02. The molecular weight excluding hydrogens is 316 g/mol. The van der Waals surface area contributed by atoms with Gasteiger partial charge in [-0.2, -0.15) is 0 Å². The molecule has 0 spiro atoms. The molecule has 0 aliphatic heterocycles. The Labute approximate surface area is 146 Å². The Hall–Kier alpha value is -3.34. The number of nitrogens with one attached hydrogen (secondary N) is 1. The highest BCUT2D eigenvalue weighted by atomic mass is 16.5. The summed E-state index contributed by atoms with van der Waals surface area (Å²) in [5.74, 6) is 0.990. The second kappa shape index (κ2) is 7.49. The van der Waals surface area contributed by atoms with Crippen molar-refractivity contribution >= 4 is 11.6 Å². The zero-order valence-electron chi connectivity index (χ0n) is 14.0. The van der Waals surface area contributed by atoms with Crippen LogP contribution in [0.3, 0.4) is 0 Å². The van der Waals surface area contributed by atoms with Gasteiger partial charge < -0.3 is 14.8 Å². The number of nitrogens with zero attached hydrogens (tertiary/aromatic N) is 1. The molecule has 126 valence electrons. The van der Waals surface area contributed by atoms with Gasteiger partial charge in [-0.05, 0) is 42.5 Å². The molecule has 3 aromatic rings. The van der Waals surface area contributed by atoms with Crippen molar-refractivity contribution in [2.24, 2.45) is 0 Å². The van der Waals surface area contributed by atoms with E-state index in [2.05, 4.69) is 10.3 Å². The topological polar surface area (TPSA) is 60.5 Å². The maximum atomic E-state index is 12.4. The Morgan fingerprint density at radius 2 is 1.68 bits per heavy atom. The number of hydrogen-bond acceptors (Lipinski definition) is 4. The highest BCUT2D eigenvalue weighted by molar-refractivity contribution is 6.05. The molecule has 2 aromatic carbocycles. The van der Waals surface area contributed by atoms with Gasteiger partial charge in [0.05, 0.1) is 14.2 Å². The zero-order valence-corrected chi connectivity index (χ0v) is 14.0. The van der Waals surface area contributed by atoms with Gasteiger partial charge in [-0.15, -0.1) is 0 Å². The summed E-state index contributed by atoms with van der Waals surface area (Å²) in [6, 6.07) is 18.2. The largest absolute Gasteiger partial charge is 0.496 e. The normalized spacial score (nSPS) is 10.2. The van der Waals surface area contributed by atoms with Gasteiger partial charge in [0.25, 0.3) is 5.91 Å². The van der Waals surface area contributed by atoms with E-state index >= 15 is 0 Å². The maximum Gasteiger partial charge on any atom is 0.255 e. The van der Waals surface area contributed by atoms with Crippen LogP contribution >= 0.6 is 0 Å². The SMILES string of the molecule is COc1cc(C(=O)Nc2ccccc2)ccc1-c1ncccc1OC. The van der Waals surface area contributed by atoms with Crippen molar-refractivity contribution in [2.75, 3.05) is 19.5 Å². The summed E-state index contributed by atoms with van der Waals surface area (Å²) < 4.78 is 10.8. The number of pyridine rings is 1. The van der Waals surface area contributed by atoms with Gasteiger partial charge >= 0.3 is 0 Å². The van der Waals surface area contributed by atoms with E-state index in [1.165, 1.54) is 0 Å². The quantitative estimate of drug-likeness (QED) is 0.765. The summed E-state index contributed by atoms with van der Waals surface area (Å²) in [6.45, 7) is 0. The van der Waals surface area contributed by atoms with E-state index in [-0.39, 0.29) is 5.91 Å². The number of aromatic nitrogens is 1. The van der Waals surface area contributed by atoms with E-state index in [1.807, 2.05) is 42.5 Å². The molecule has 0 radical (unpaired) electrons. The number of benzene rings is 2. The number of methoxy groups -OCH3 is 2. The van der Waals surface area contributed by atoms with E-state index in [0.717, 1.165) is 11.3 Å². The Morgan fingerprint density at radius 3 is 2.40 bits per heavy atom. The molecular formula is C20H18N2O3. The number of anilines is 1. The average molecular weight is 334 g/mol. The fraction of sp³-hybridized carbons (Fsp3) is 0.100. The minimum absolute atomic E-state index is 0.205. The van der Waals surface area contributed by atoms with E-state index in [9.17, 15) is 4.79 Å². The Morgan fingerprint density at radius 1 is 0.920 bits per heavy atom. The molecule has 1 aromatic heterocycles. The molecule has 1 heterocycles. The highest BCUT2D eigenvalue weighted by Gasteiger charge is 2.15. The van der Waals surface area contributed by atoms with Gasteiger partial charge in [-0.25, -0.2) is 0 Å². The Bertz CT molecular complexity index is 879. The molecule has 0 atom stereocenters. The zero-order chi connectivity index (χ0) is 17.6. The second-order valence-corrected chi connectivity index (χ2v) is 5.29. The molecule has 0 aliphatic rings. The molecule has 1 N–H and O–H groups in total. The Kier molecular flexibility index (Phi) is 4.95. The fourth-order valence-corrected chi connectivity index (χ4v) is 2.51. The molecule has 1 amide bonds. The minimum atomic E-state index is -0.205. The maximum absolute atomic E-state index is 12.4. The van der Waals surface area contributed by atoms with Gasteiger partial charge in [-0.3, -0.25) is 9.78 Å². The first-order chi connectivity index (χ1) is 12.2. The lowest BCUT2D eigenvalue weighted by Crippen LogP contribution is -2.12. The number of rotatable bonds is 5. The first-order valence-corrected chi connectivity index (χ1v) is 7.76. The summed E-state index contributed by atoms with van der Waals surface area (Å²) in [5.41, 5.74) is 2.66. The van der Waals surface area contributed by atoms with E-state index in [4.69, 9.17) is 9.47 Å². The van der Waals surface area contributed by atoms with Gasteiger partial charge in [0.2, 0.25) is 0 Å². The molecule has 0 saturated heterocycles. The van der Waals surface area contributed by atoms with Crippen LogP contribution in [0.5, 0.6) is 11.5 Å². The summed E-state index contributed by atoms with van der Waals surface area (Å²) in [5, 5.41) is 2.86. The van der Waals surface area contributed by atoms with Crippen LogP contribution in [0.1, 0.15) is 10.4 Å². The number of hydrogen-bond donors (Lipinski definition) is 1. The lowest BCUT2D eigenvalue weighted by atomic mass is 10.1. The van der Waals surface area contributed by atoms with Crippen LogP contribution < -0.4 is 14.8 Å². The number of para-hydroxylation sites is 1. The van der Waals surface area contributed by atoms with Crippen LogP contribution in [-0.2, 0) is 0 Å². The van der Waals surface area contributed by atoms with Gasteiger partial charge in [0, 0.05) is 23.0 Å². The summed E-state index contributed by atoms with van der Waals surface area (Å²) >= 11 is 0. The van der Waals surface area contributed by atoms with Crippen LogP contribution in [0.25, 0.3) is 11.3 Å². The monoisotopic (exact) mass is 334 g/mol. The molecule has 0 bridgehead atoms. The smallest absolute Gasteiger partial charge is 0.255 e. The fourth-order valence-electron chi connectivity index (χ4n) is 2.51. The lowest BCUT2D eigenvalue weighted by molar-refractivity contribution is 0.102. The van der Waals surface area contributed by atoms with Crippen molar-refractivity contribution in [3.8, 4) is 22.8 Å². The van der Waals surface area contributed by atoms with E-state index in [0.29, 0.717) is 22.8 Å². The average Bonchev–Trinajstić information content (AvgIpc) is 2.68. The van der Waals surface area contributed by atoms with Crippen molar-refractivity contribution in [3.05, 3.63) is 72.4 Å². The van der Waals surface area contributed by atoms with Crippen molar-refractivity contribution in [3.63, 3.8) is 0 Å². The van der Waals surface area contributed by atoms with Gasteiger partial charge in [-0.1, -0.05) is 18.2 Å². The molecule has 3 rings (SSSR count). The Balaban J connectivity index is 1.93. The van der Waals surface area contributed by atoms with Crippen LogP contribution in [0.4, 0.5) is 5.69 Å². The van der Waals surface area contributed by atoms with Crippen molar-refractivity contribution in [1.82, 2.24) is 4.98 Å². The standard InChI is InChI=1S/C20H18N2O3/c1-24-17-9-6-12-21-19(17)16-11-10-14(13-18(16)25-2)20(23)22-15-7-4-3-5-8-15/h3-13H,1-2H3,(H,22,23). The number of ether oxygens (including phenoxy) is 2. The van der Waals surface area contributed by atoms with Crippen molar-refractivity contribution < 1.29 is 14.3 Å². The molecule has 5 heteroatoms. The first-order valence-electron chi connectivity index (χ1n) is 7.76.